The largest absolute Gasteiger partial charge is 0.497 e. The Hall–Kier alpha value is -3.65. The number of hydrogen-bond donors (Lipinski definition) is 1. The number of carbonyl (C=O) groups is 1. The molecule has 0 spiro atoms. The topological polar surface area (TPSA) is 82.3 Å². The van der Waals surface area contributed by atoms with Gasteiger partial charge in [0, 0.05) is 6.54 Å². The zero-order valence-corrected chi connectivity index (χ0v) is 17.0. The maximum Gasteiger partial charge on any atom is 0.336 e. The molecule has 0 radical (unpaired) electrons. The number of ether oxygens (including phenoxy) is 1. The van der Waals surface area contributed by atoms with Gasteiger partial charge in [-0.1, -0.05) is 30.3 Å². The maximum absolute atomic E-state index is 13.1. The van der Waals surface area contributed by atoms with E-state index in [1.165, 1.54) is 15.9 Å². The highest BCUT2D eigenvalue weighted by atomic mass is 32.1. The monoisotopic (exact) mass is 421 g/mol. The normalized spacial score (nSPS) is 10.8. The third-order valence-corrected chi connectivity index (χ3v) is 5.61. The van der Waals surface area contributed by atoms with E-state index in [2.05, 4.69) is 5.32 Å². The summed E-state index contributed by atoms with van der Waals surface area (Å²) < 4.78 is 8.00. The lowest BCUT2D eigenvalue weighted by atomic mass is 10.2. The van der Waals surface area contributed by atoms with Crippen molar-refractivity contribution in [3.8, 4) is 11.4 Å². The van der Waals surface area contributed by atoms with Crippen LogP contribution in [0.15, 0.2) is 75.6 Å². The number of methoxy groups -OCH3 is 1. The second-order valence-electron chi connectivity index (χ2n) is 6.60. The molecule has 1 amide bonds. The van der Waals surface area contributed by atoms with Crippen molar-refractivity contribution in [3.05, 3.63) is 92.4 Å². The van der Waals surface area contributed by atoms with E-state index in [1.807, 2.05) is 30.3 Å². The number of nitrogens with one attached hydrogen (secondary N) is 1. The zero-order valence-electron chi connectivity index (χ0n) is 16.2. The molecule has 0 unspecified atom stereocenters. The molecule has 4 aromatic rings. The average Bonchev–Trinajstić information content (AvgIpc) is 3.27. The van der Waals surface area contributed by atoms with Crippen LogP contribution >= 0.6 is 11.3 Å². The maximum atomic E-state index is 13.1. The Morgan fingerprint density at radius 3 is 2.47 bits per heavy atom. The Labute approximate surface area is 175 Å². The number of benzene rings is 2. The molecule has 4 rings (SSSR count). The molecule has 2 aromatic heterocycles. The summed E-state index contributed by atoms with van der Waals surface area (Å²) in [6.45, 7) is 0.137. The van der Waals surface area contributed by atoms with Gasteiger partial charge in [-0.05, 0) is 41.3 Å². The molecular weight excluding hydrogens is 402 g/mol. The van der Waals surface area contributed by atoms with Crippen molar-refractivity contribution < 1.29 is 9.53 Å². The van der Waals surface area contributed by atoms with E-state index < -0.39 is 5.69 Å². The smallest absolute Gasteiger partial charge is 0.336 e. The summed E-state index contributed by atoms with van der Waals surface area (Å²) in [5.74, 6) is 0.415. The van der Waals surface area contributed by atoms with Crippen LogP contribution in [-0.2, 0) is 17.9 Å². The molecule has 1 N–H and O–H groups in total. The molecule has 8 heteroatoms. The van der Waals surface area contributed by atoms with E-state index in [0.29, 0.717) is 22.4 Å². The Bertz CT molecular complexity index is 1300. The summed E-state index contributed by atoms with van der Waals surface area (Å²) in [4.78, 5) is 38.6. The molecule has 0 bridgehead atoms. The lowest BCUT2D eigenvalue weighted by Crippen LogP contribution is -2.41. The molecular formula is C22H19N3O4S. The number of thiophene rings is 1. The van der Waals surface area contributed by atoms with Crippen LogP contribution in [0.3, 0.4) is 0 Å². The zero-order chi connectivity index (χ0) is 21.1. The number of amides is 1. The Morgan fingerprint density at radius 1 is 1.03 bits per heavy atom. The summed E-state index contributed by atoms with van der Waals surface area (Å²) in [6.07, 6.45) is 0. The van der Waals surface area contributed by atoms with Crippen molar-refractivity contribution in [3.63, 3.8) is 0 Å². The fraction of sp³-hybridized carbons (Fsp3) is 0.136. The number of nitrogens with zero attached hydrogens (tertiary/aromatic N) is 2. The van der Waals surface area contributed by atoms with Crippen molar-refractivity contribution in [2.24, 2.45) is 0 Å². The molecule has 152 valence electrons. The van der Waals surface area contributed by atoms with Crippen LogP contribution in [0.2, 0.25) is 0 Å². The third kappa shape index (κ3) is 3.77. The Balaban J connectivity index is 1.63. The van der Waals surface area contributed by atoms with Crippen LogP contribution in [-0.4, -0.2) is 22.2 Å². The molecule has 0 aliphatic rings. The standard InChI is InChI=1S/C22H19N3O4S/c1-29-17-9-7-15(8-10-17)13-23-19(26)14-24-18-11-12-30-20(18)21(27)25(22(24)28)16-5-3-2-4-6-16/h2-12H,13-14H2,1H3,(H,23,26). The number of fused-ring (bicyclic) bond motifs is 1. The summed E-state index contributed by atoms with van der Waals surface area (Å²) in [7, 11) is 1.59. The first-order valence-electron chi connectivity index (χ1n) is 9.26. The van der Waals surface area contributed by atoms with Crippen LogP contribution in [0.25, 0.3) is 15.9 Å². The molecule has 0 saturated carbocycles. The molecule has 7 nitrogen and oxygen atoms in total. The van der Waals surface area contributed by atoms with Crippen LogP contribution < -0.4 is 21.3 Å². The minimum atomic E-state index is -0.545. The van der Waals surface area contributed by atoms with Crippen LogP contribution in [0, 0.1) is 0 Å². The number of aromatic nitrogens is 2. The van der Waals surface area contributed by atoms with Gasteiger partial charge in [0.2, 0.25) is 5.91 Å². The van der Waals surface area contributed by atoms with Crippen molar-refractivity contribution >= 4 is 27.5 Å². The lowest BCUT2D eigenvalue weighted by molar-refractivity contribution is -0.121. The SMILES string of the molecule is COc1ccc(CNC(=O)Cn2c(=O)n(-c3ccccc3)c(=O)c3sccc32)cc1. The number of para-hydroxylation sites is 1. The van der Waals surface area contributed by atoms with Gasteiger partial charge >= 0.3 is 5.69 Å². The van der Waals surface area contributed by atoms with Gasteiger partial charge < -0.3 is 10.1 Å². The molecule has 0 aliphatic heterocycles. The molecule has 30 heavy (non-hydrogen) atoms. The van der Waals surface area contributed by atoms with Gasteiger partial charge in [0.05, 0.1) is 18.3 Å². The van der Waals surface area contributed by atoms with Crippen molar-refractivity contribution in [2.75, 3.05) is 7.11 Å². The highest BCUT2D eigenvalue weighted by molar-refractivity contribution is 7.17. The van der Waals surface area contributed by atoms with Gasteiger partial charge in [0.25, 0.3) is 5.56 Å². The van der Waals surface area contributed by atoms with E-state index >= 15 is 0 Å². The quantitative estimate of drug-likeness (QED) is 0.519. The van der Waals surface area contributed by atoms with E-state index in [-0.39, 0.29) is 18.0 Å². The summed E-state index contributed by atoms with van der Waals surface area (Å²) in [5, 5.41) is 4.56. The summed E-state index contributed by atoms with van der Waals surface area (Å²) >= 11 is 1.25. The van der Waals surface area contributed by atoms with Crippen LogP contribution in [0.4, 0.5) is 0 Å². The van der Waals surface area contributed by atoms with Gasteiger partial charge in [-0.15, -0.1) is 11.3 Å². The highest BCUT2D eigenvalue weighted by Gasteiger charge is 2.17. The molecule has 0 fully saturated rings. The molecule has 0 saturated heterocycles. The van der Waals surface area contributed by atoms with Gasteiger partial charge in [0.15, 0.2) is 0 Å². The van der Waals surface area contributed by atoms with Gasteiger partial charge in [-0.25, -0.2) is 9.36 Å². The van der Waals surface area contributed by atoms with Crippen molar-refractivity contribution in [1.29, 1.82) is 0 Å². The lowest BCUT2D eigenvalue weighted by Gasteiger charge is -2.12. The summed E-state index contributed by atoms with van der Waals surface area (Å²) in [5.41, 5.74) is 0.909. The predicted octanol–water partition coefficient (Wildman–Crippen LogP) is 2.54. The fourth-order valence-corrected chi connectivity index (χ4v) is 4.01. The van der Waals surface area contributed by atoms with Crippen LogP contribution in [0.5, 0.6) is 5.75 Å². The summed E-state index contributed by atoms with van der Waals surface area (Å²) in [6, 6.07) is 17.7. The Kier molecular flexibility index (Phi) is 5.49. The first kappa shape index (κ1) is 19.7. The molecule has 0 atom stereocenters. The second kappa shape index (κ2) is 8.38. The molecule has 2 aromatic carbocycles. The van der Waals surface area contributed by atoms with E-state index in [4.69, 9.17) is 4.74 Å². The van der Waals surface area contributed by atoms with E-state index in [9.17, 15) is 14.4 Å². The number of carbonyl (C=O) groups excluding carboxylic acids is 1. The second-order valence-corrected chi connectivity index (χ2v) is 7.52. The first-order valence-corrected chi connectivity index (χ1v) is 10.1. The van der Waals surface area contributed by atoms with E-state index in [1.54, 1.807) is 42.8 Å². The predicted molar refractivity (Wildman–Crippen MR) is 117 cm³/mol. The first-order chi connectivity index (χ1) is 14.6. The minimum absolute atomic E-state index is 0.185. The van der Waals surface area contributed by atoms with Gasteiger partial charge in [-0.2, -0.15) is 0 Å². The van der Waals surface area contributed by atoms with Gasteiger partial charge in [0.1, 0.15) is 17.0 Å². The highest BCUT2D eigenvalue weighted by Crippen LogP contribution is 2.16. The number of hydrogen-bond acceptors (Lipinski definition) is 5. The van der Waals surface area contributed by atoms with Crippen molar-refractivity contribution in [2.45, 2.75) is 13.1 Å². The third-order valence-electron chi connectivity index (χ3n) is 4.72. The average molecular weight is 421 g/mol. The van der Waals surface area contributed by atoms with Crippen molar-refractivity contribution in [1.82, 2.24) is 14.5 Å². The van der Waals surface area contributed by atoms with E-state index in [0.717, 1.165) is 15.9 Å². The molecule has 2 heterocycles. The fourth-order valence-electron chi connectivity index (χ4n) is 3.19. The van der Waals surface area contributed by atoms with Gasteiger partial charge in [-0.3, -0.25) is 14.2 Å². The molecule has 0 aliphatic carbocycles. The number of rotatable bonds is 6. The minimum Gasteiger partial charge on any atom is -0.497 e. The Morgan fingerprint density at radius 2 is 1.77 bits per heavy atom. The van der Waals surface area contributed by atoms with Crippen LogP contribution in [0.1, 0.15) is 5.56 Å².